The molecule has 0 spiro atoms. The van der Waals surface area contributed by atoms with Crippen LogP contribution in [0.5, 0.6) is 0 Å². The molecule has 1 aromatic heterocycles. The molecule has 1 N–H and O–H groups in total. The number of urea groups is 1. The second-order valence-corrected chi connectivity index (χ2v) is 8.52. The Labute approximate surface area is 177 Å². The van der Waals surface area contributed by atoms with E-state index in [1.54, 1.807) is 16.2 Å². The fourth-order valence-electron chi connectivity index (χ4n) is 3.10. The van der Waals surface area contributed by atoms with Gasteiger partial charge >= 0.3 is 12.2 Å². The van der Waals surface area contributed by atoms with Crippen molar-refractivity contribution in [2.45, 2.75) is 6.18 Å². The highest BCUT2D eigenvalue weighted by atomic mass is 79.9. The maximum Gasteiger partial charge on any atom is 0.416 e. The normalized spacial score (nSPS) is 15.0. The van der Waals surface area contributed by atoms with Gasteiger partial charge in [0.25, 0.3) is 0 Å². The zero-order valence-corrected chi connectivity index (χ0v) is 17.4. The molecule has 2 aromatic carbocycles. The number of amides is 2. The molecular formula is C19H16BrF3N4OS. The Morgan fingerprint density at radius 1 is 1.10 bits per heavy atom. The van der Waals surface area contributed by atoms with Crippen molar-refractivity contribution in [2.75, 3.05) is 36.4 Å². The van der Waals surface area contributed by atoms with Crippen LogP contribution in [0.2, 0.25) is 0 Å². The quantitative estimate of drug-likeness (QED) is 0.527. The van der Waals surface area contributed by atoms with Gasteiger partial charge in [-0.15, -0.1) is 0 Å². The van der Waals surface area contributed by atoms with Crippen LogP contribution in [0.15, 0.2) is 46.9 Å². The molecule has 1 fully saturated rings. The van der Waals surface area contributed by atoms with Crippen LogP contribution in [-0.2, 0) is 6.18 Å². The molecule has 5 nitrogen and oxygen atoms in total. The van der Waals surface area contributed by atoms with Gasteiger partial charge in [0.1, 0.15) is 0 Å². The number of aromatic nitrogens is 1. The molecule has 10 heteroatoms. The van der Waals surface area contributed by atoms with Gasteiger partial charge in [-0.1, -0.05) is 33.3 Å². The van der Waals surface area contributed by atoms with Crippen LogP contribution in [0.25, 0.3) is 10.2 Å². The number of hydrogen-bond donors (Lipinski definition) is 1. The van der Waals surface area contributed by atoms with Crippen LogP contribution >= 0.6 is 27.3 Å². The third-order valence-corrected chi connectivity index (χ3v) is 6.19. The minimum atomic E-state index is -4.45. The van der Waals surface area contributed by atoms with E-state index in [0.717, 1.165) is 32.0 Å². The van der Waals surface area contributed by atoms with E-state index in [-0.39, 0.29) is 5.69 Å². The lowest BCUT2D eigenvalue weighted by molar-refractivity contribution is -0.137. The first-order chi connectivity index (χ1) is 13.8. The third kappa shape index (κ3) is 4.48. The molecule has 0 bridgehead atoms. The first kappa shape index (κ1) is 20.0. The average Bonchev–Trinajstić information content (AvgIpc) is 3.11. The van der Waals surface area contributed by atoms with E-state index in [1.807, 2.05) is 18.2 Å². The first-order valence-electron chi connectivity index (χ1n) is 8.84. The molecule has 0 aliphatic carbocycles. The summed E-state index contributed by atoms with van der Waals surface area (Å²) in [6.45, 7) is 2.14. The second kappa shape index (κ2) is 7.83. The van der Waals surface area contributed by atoms with Gasteiger partial charge in [-0.3, -0.25) is 0 Å². The largest absolute Gasteiger partial charge is 0.416 e. The summed E-state index contributed by atoms with van der Waals surface area (Å²) in [5, 5.41) is 3.46. The van der Waals surface area contributed by atoms with Crippen molar-refractivity contribution in [3.63, 3.8) is 0 Å². The maximum atomic E-state index is 12.8. The highest BCUT2D eigenvalue weighted by Gasteiger charge is 2.31. The lowest BCUT2D eigenvalue weighted by atomic mass is 10.2. The molecule has 2 amide bonds. The summed E-state index contributed by atoms with van der Waals surface area (Å²) < 4.78 is 40.6. The highest BCUT2D eigenvalue weighted by molar-refractivity contribution is 9.10. The van der Waals surface area contributed by atoms with E-state index in [2.05, 4.69) is 31.1 Å². The molecule has 152 valence electrons. The Hall–Kier alpha value is -2.33. The first-order valence-corrected chi connectivity index (χ1v) is 10.4. The number of thiazole rings is 1. The van der Waals surface area contributed by atoms with Crippen LogP contribution in [0.4, 0.5) is 28.8 Å². The Morgan fingerprint density at radius 2 is 1.86 bits per heavy atom. The van der Waals surface area contributed by atoms with Crippen molar-refractivity contribution >= 4 is 54.3 Å². The average molecular weight is 485 g/mol. The van der Waals surface area contributed by atoms with Gasteiger partial charge in [0.15, 0.2) is 5.13 Å². The highest BCUT2D eigenvalue weighted by Crippen LogP contribution is 2.32. The lowest BCUT2D eigenvalue weighted by Gasteiger charge is -2.34. The van der Waals surface area contributed by atoms with Crippen LogP contribution in [0, 0.1) is 0 Å². The number of rotatable bonds is 2. The number of nitrogens with zero attached hydrogens (tertiary/aromatic N) is 3. The second-order valence-electron chi connectivity index (χ2n) is 6.59. The van der Waals surface area contributed by atoms with Gasteiger partial charge in [0.05, 0.1) is 15.8 Å². The van der Waals surface area contributed by atoms with Crippen LogP contribution in [0.3, 0.4) is 0 Å². The summed E-state index contributed by atoms with van der Waals surface area (Å²) in [7, 11) is 0. The number of hydrogen-bond acceptors (Lipinski definition) is 4. The SMILES string of the molecule is O=C(Nc1cccc(C(F)(F)F)c1)N1CCN(c2nc3ccc(Br)cc3s2)CC1. The van der Waals surface area contributed by atoms with Gasteiger partial charge in [-0.2, -0.15) is 13.2 Å². The standard InChI is InChI=1S/C19H16BrF3N4OS/c20-13-4-5-15-16(11-13)29-18(25-15)27-8-6-26(7-9-27)17(28)24-14-3-1-2-12(10-14)19(21,22)23/h1-5,10-11H,6-9H2,(H,24,28). The molecule has 4 rings (SSSR count). The summed E-state index contributed by atoms with van der Waals surface area (Å²) >= 11 is 5.05. The summed E-state index contributed by atoms with van der Waals surface area (Å²) in [6, 6.07) is 10.2. The number of carbonyl (C=O) groups is 1. The predicted octanol–water partition coefficient (Wildman–Crippen LogP) is 5.43. The van der Waals surface area contributed by atoms with Gasteiger partial charge in [-0.25, -0.2) is 9.78 Å². The molecule has 2 heterocycles. The van der Waals surface area contributed by atoms with Crippen LogP contribution in [0.1, 0.15) is 5.56 Å². The van der Waals surface area contributed by atoms with Gasteiger partial charge in [0.2, 0.25) is 0 Å². The fraction of sp³-hybridized carbons (Fsp3) is 0.263. The Bertz CT molecular complexity index is 1050. The fourth-order valence-corrected chi connectivity index (χ4v) is 4.67. The number of benzene rings is 2. The van der Waals surface area contributed by atoms with Gasteiger partial charge < -0.3 is 15.1 Å². The van der Waals surface area contributed by atoms with E-state index in [1.165, 1.54) is 12.1 Å². The molecule has 1 saturated heterocycles. The van der Waals surface area contributed by atoms with Crippen LogP contribution < -0.4 is 10.2 Å². The van der Waals surface area contributed by atoms with Crippen molar-refractivity contribution < 1.29 is 18.0 Å². The topological polar surface area (TPSA) is 48.5 Å². The summed E-state index contributed by atoms with van der Waals surface area (Å²) in [5.41, 5.74) is 0.268. The van der Waals surface area contributed by atoms with E-state index in [0.29, 0.717) is 26.2 Å². The van der Waals surface area contributed by atoms with Crippen molar-refractivity contribution in [2.24, 2.45) is 0 Å². The number of nitrogens with one attached hydrogen (secondary N) is 1. The molecule has 0 unspecified atom stereocenters. The Kier molecular flexibility index (Phi) is 5.39. The zero-order chi connectivity index (χ0) is 20.6. The Morgan fingerprint density at radius 3 is 2.59 bits per heavy atom. The molecule has 1 aliphatic rings. The number of anilines is 2. The van der Waals surface area contributed by atoms with E-state index >= 15 is 0 Å². The van der Waals surface area contributed by atoms with Gasteiger partial charge in [0, 0.05) is 36.3 Å². The minimum Gasteiger partial charge on any atom is -0.345 e. The number of alkyl halides is 3. The molecule has 0 radical (unpaired) electrons. The van der Waals surface area contributed by atoms with Crippen molar-refractivity contribution in [1.29, 1.82) is 0 Å². The zero-order valence-electron chi connectivity index (χ0n) is 15.0. The molecule has 29 heavy (non-hydrogen) atoms. The third-order valence-electron chi connectivity index (χ3n) is 4.62. The smallest absolute Gasteiger partial charge is 0.345 e. The molecule has 3 aromatic rings. The van der Waals surface area contributed by atoms with Crippen molar-refractivity contribution in [3.8, 4) is 0 Å². The molecular weight excluding hydrogens is 469 g/mol. The lowest BCUT2D eigenvalue weighted by Crippen LogP contribution is -2.50. The molecule has 0 atom stereocenters. The minimum absolute atomic E-state index is 0.129. The van der Waals surface area contributed by atoms with Crippen molar-refractivity contribution in [3.05, 3.63) is 52.5 Å². The molecule has 1 aliphatic heterocycles. The summed E-state index contributed by atoms with van der Waals surface area (Å²) in [5.74, 6) is 0. The van der Waals surface area contributed by atoms with Gasteiger partial charge in [-0.05, 0) is 36.4 Å². The maximum absolute atomic E-state index is 12.8. The number of fused-ring (bicyclic) bond motifs is 1. The van der Waals surface area contributed by atoms with E-state index in [4.69, 9.17) is 0 Å². The van der Waals surface area contributed by atoms with E-state index < -0.39 is 17.8 Å². The number of piperazine rings is 1. The summed E-state index contributed by atoms with van der Waals surface area (Å²) in [4.78, 5) is 20.8. The Balaban J connectivity index is 1.38. The summed E-state index contributed by atoms with van der Waals surface area (Å²) in [6.07, 6.45) is -4.45. The van der Waals surface area contributed by atoms with Crippen molar-refractivity contribution in [1.82, 2.24) is 9.88 Å². The van der Waals surface area contributed by atoms with Crippen LogP contribution in [-0.4, -0.2) is 42.1 Å². The number of halogens is 4. The van der Waals surface area contributed by atoms with E-state index in [9.17, 15) is 18.0 Å². The number of carbonyl (C=O) groups excluding carboxylic acids is 1. The predicted molar refractivity (Wildman–Crippen MR) is 112 cm³/mol. The molecule has 0 saturated carbocycles. The monoisotopic (exact) mass is 484 g/mol.